The third-order valence-corrected chi connectivity index (χ3v) is 13.8. The summed E-state index contributed by atoms with van der Waals surface area (Å²) in [5, 5.41) is 0. The number of pyridine rings is 2. The zero-order chi connectivity index (χ0) is 39.2. The summed E-state index contributed by atoms with van der Waals surface area (Å²) in [6.07, 6.45) is 3.79. The second-order valence-corrected chi connectivity index (χ2v) is 18.6. The molecule has 0 radical (unpaired) electrons. The third-order valence-electron chi connectivity index (χ3n) is 10.8. The number of hydrogen-bond donors (Lipinski definition) is 0. The molecule has 0 saturated heterocycles. The summed E-state index contributed by atoms with van der Waals surface area (Å²) in [5.74, 6) is 2.32. The molecule has 2 aromatic heterocycles. The van der Waals surface area contributed by atoms with E-state index >= 15 is 0 Å². The number of anilines is 7. The molecule has 7 heteroatoms. The molecule has 2 aliphatic rings. The Balaban J connectivity index is 0.983. The molecule has 0 saturated carbocycles. The van der Waals surface area contributed by atoms with Gasteiger partial charge in [0.05, 0.1) is 0 Å². The molecular formula is C51H41N5OTe. The summed E-state index contributed by atoms with van der Waals surface area (Å²) in [5.41, 5.74) is 12.7. The number of rotatable bonds is 7. The standard InChI is InChI=1S/C51H41N5OTe/c1-51(2,3)39-25-26-52-49(30-39)56-46-23-12-13-24-48(46)58-50-47(56)32-43(33-53-50)57-42-20-14-19-40(31-42)54-34-55(45-22-11-10-21-44(45)54)41-28-37(35-15-6-4-7-16-35)27-38(29-41)36-17-8-5-9-18-36/h4-33H,34H2,1-3H3. The molecule has 8 aromatic rings. The van der Waals surface area contributed by atoms with Gasteiger partial charge in [0, 0.05) is 0 Å². The topological polar surface area (TPSA) is 44.7 Å². The molecule has 0 amide bonds. The number of aromatic nitrogens is 2. The van der Waals surface area contributed by atoms with E-state index in [1.165, 1.54) is 37.1 Å². The fourth-order valence-electron chi connectivity index (χ4n) is 7.80. The van der Waals surface area contributed by atoms with E-state index in [4.69, 9.17) is 14.7 Å². The predicted octanol–water partition coefficient (Wildman–Crippen LogP) is 11.6. The van der Waals surface area contributed by atoms with Crippen LogP contribution in [-0.4, -0.2) is 37.6 Å². The SMILES string of the molecule is CC(C)(C)c1ccnc(N2c3ccccc3[Te]c3ncc(Oc4cccc(N5CN(c6cc(-c7ccccc7)cc(-c7ccccc7)c6)c6ccccc65)c4)cc32)c1. The van der Waals surface area contributed by atoms with Gasteiger partial charge in [0.2, 0.25) is 0 Å². The van der Waals surface area contributed by atoms with Crippen LogP contribution in [0.2, 0.25) is 0 Å². The first-order valence-corrected chi connectivity index (χ1v) is 21.9. The fraction of sp³-hybridized carbons (Fsp3) is 0.0980. The van der Waals surface area contributed by atoms with Crippen molar-refractivity contribution in [2.24, 2.45) is 0 Å². The third kappa shape index (κ3) is 6.87. The van der Waals surface area contributed by atoms with E-state index in [-0.39, 0.29) is 5.41 Å². The fourth-order valence-corrected chi connectivity index (χ4v) is 10.6. The van der Waals surface area contributed by atoms with Gasteiger partial charge in [-0.1, -0.05) is 66.7 Å². The Labute approximate surface area is 350 Å². The molecule has 0 bridgehead atoms. The van der Waals surface area contributed by atoms with Crippen molar-refractivity contribution in [3.05, 3.63) is 188 Å². The van der Waals surface area contributed by atoms with Gasteiger partial charge in [0.15, 0.2) is 0 Å². The second kappa shape index (κ2) is 14.8. The molecule has 0 spiro atoms. The van der Waals surface area contributed by atoms with Gasteiger partial charge in [-0.25, -0.2) is 0 Å². The molecule has 6 aromatic carbocycles. The molecule has 0 fully saturated rings. The number of benzene rings is 6. The van der Waals surface area contributed by atoms with Crippen LogP contribution in [0.25, 0.3) is 22.3 Å². The van der Waals surface area contributed by atoms with Crippen molar-refractivity contribution in [2.75, 3.05) is 21.4 Å². The minimum atomic E-state index is -0.711. The molecular weight excluding hydrogens is 826 g/mol. The molecule has 6 nitrogen and oxygen atoms in total. The normalized spacial score (nSPS) is 13.2. The van der Waals surface area contributed by atoms with Crippen LogP contribution in [0.4, 0.5) is 39.9 Å². The zero-order valence-corrected chi connectivity index (χ0v) is 34.9. The van der Waals surface area contributed by atoms with Crippen molar-refractivity contribution in [1.29, 1.82) is 0 Å². The molecule has 0 unspecified atom stereocenters. The van der Waals surface area contributed by atoms with Crippen LogP contribution in [0, 0.1) is 0 Å². The molecule has 0 aliphatic carbocycles. The van der Waals surface area contributed by atoms with Crippen molar-refractivity contribution in [3.63, 3.8) is 0 Å². The van der Waals surface area contributed by atoms with E-state index in [1.54, 1.807) is 0 Å². The molecule has 0 atom stereocenters. The van der Waals surface area contributed by atoms with E-state index in [1.807, 2.05) is 18.5 Å². The first kappa shape index (κ1) is 36.0. The van der Waals surface area contributed by atoms with Crippen LogP contribution < -0.4 is 26.8 Å². The van der Waals surface area contributed by atoms with E-state index in [9.17, 15) is 0 Å². The average Bonchev–Trinajstić information content (AvgIpc) is 3.66. The number of hydrogen-bond acceptors (Lipinski definition) is 6. The van der Waals surface area contributed by atoms with Crippen LogP contribution in [0.15, 0.2) is 182 Å². The van der Waals surface area contributed by atoms with Crippen LogP contribution in [0.3, 0.4) is 0 Å². The first-order chi connectivity index (χ1) is 28.4. The van der Waals surface area contributed by atoms with Gasteiger partial charge in [-0.2, -0.15) is 0 Å². The minimum absolute atomic E-state index is 0.0115. The van der Waals surface area contributed by atoms with Crippen molar-refractivity contribution >= 4 is 68.2 Å². The maximum atomic E-state index is 6.69. The Morgan fingerprint density at radius 2 is 1.16 bits per heavy atom. The Hall–Kier alpha value is -6.39. The summed E-state index contributed by atoms with van der Waals surface area (Å²) in [6, 6.07) is 60.3. The molecule has 10 rings (SSSR count). The van der Waals surface area contributed by atoms with Crippen LogP contribution in [0.1, 0.15) is 26.3 Å². The average molecular weight is 868 g/mol. The van der Waals surface area contributed by atoms with Crippen LogP contribution in [0.5, 0.6) is 11.5 Å². The van der Waals surface area contributed by atoms with Gasteiger partial charge in [0.25, 0.3) is 0 Å². The Morgan fingerprint density at radius 3 is 1.84 bits per heavy atom. The van der Waals surface area contributed by atoms with Crippen molar-refractivity contribution < 1.29 is 4.74 Å². The van der Waals surface area contributed by atoms with Gasteiger partial charge < -0.3 is 0 Å². The van der Waals surface area contributed by atoms with Gasteiger partial charge in [-0.05, 0) is 40.5 Å². The van der Waals surface area contributed by atoms with Gasteiger partial charge in [-0.15, -0.1) is 0 Å². The molecule has 0 N–H and O–H groups in total. The van der Waals surface area contributed by atoms with E-state index in [2.05, 4.69) is 199 Å². The molecule has 2 aliphatic heterocycles. The van der Waals surface area contributed by atoms with Crippen molar-refractivity contribution in [3.8, 4) is 33.8 Å². The Bertz CT molecular complexity index is 2730. The summed E-state index contributed by atoms with van der Waals surface area (Å²) in [6.45, 7) is 7.36. The number of nitrogens with zero attached hydrogens (tertiary/aromatic N) is 5. The Morgan fingerprint density at radius 1 is 0.517 bits per heavy atom. The van der Waals surface area contributed by atoms with Crippen LogP contribution >= 0.6 is 0 Å². The zero-order valence-electron chi connectivity index (χ0n) is 32.6. The number of ether oxygens (including phenoxy) is 1. The van der Waals surface area contributed by atoms with Crippen molar-refractivity contribution in [1.82, 2.24) is 9.97 Å². The van der Waals surface area contributed by atoms with Crippen LogP contribution in [-0.2, 0) is 5.41 Å². The molecule has 4 heterocycles. The van der Waals surface area contributed by atoms with Gasteiger partial charge >= 0.3 is 245 Å². The number of para-hydroxylation sites is 3. The monoisotopic (exact) mass is 869 g/mol. The summed E-state index contributed by atoms with van der Waals surface area (Å²) < 4.78 is 9.15. The summed E-state index contributed by atoms with van der Waals surface area (Å²) >= 11 is -0.711. The molecule has 282 valence electrons. The van der Waals surface area contributed by atoms with E-state index in [0.717, 1.165) is 43.7 Å². The van der Waals surface area contributed by atoms with Gasteiger partial charge in [-0.3, -0.25) is 0 Å². The predicted molar refractivity (Wildman–Crippen MR) is 240 cm³/mol. The molecule has 58 heavy (non-hydrogen) atoms. The van der Waals surface area contributed by atoms with E-state index in [0.29, 0.717) is 12.4 Å². The first-order valence-electron chi connectivity index (χ1n) is 19.6. The Kier molecular flexibility index (Phi) is 9.21. The quantitative estimate of drug-likeness (QED) is 0.149. The second-order valence-electron chi connectivity index (χ2n) is 15.6. The number of fused-ring (bicyclic) bond motifs is 3. The van der Waals surface area contributed by atoms with Crippen molar-refractivity contribution in [2.45, 2.75) is 26.2 Å². The van der Waals surface area contributed by atoms with Gasteiger partial charge in [0.1, 0.15) is 0 Å². The van der Waals surface area contributed by atoms with E-state index < -0.39 is 20.9 Å². The summed E-state index contributed by atoms with van der Waals surface area (Å²) in [4.78, 5) is 17.0. The maximum absolute atomic E-state index is 6.69. The summed E-state index contributed by atoms with van der Waals surface area (Å²) in [7, 11) is 0.